The molecule has 1 aliphatic rings. The minimum atomic E-state index is -3.05. The molecule has 126 valence electrons. The average molecular weight is 342 g/mol. The molecule has 2 atom stereocenters. The van der Waals surface area contributed by atoms with Crippen LogP contribution in [0.5, 0.6) is 0 Å². The highest BCUT2D eigenvalue weighted by atomic mass is 35.5. The summed E-state index contributed by atoms with van der Waals surface area (Å²) >= 11 is 0. The second-order valence-corrected chi connectivity index (χ2v) is 8.04. The summed E-state index contributed by atoms with van der Waals surface area (Å²) in [6, 6.07) is -0.0965. The van der Waals surface area contributed by atoms with Crippen LogP contribution in [0.4, 0.5) is 0 Å². The molecule has 0 saturated carbocycles. The Morgan fingerprint density at radius 3 is 2.29 bits per heavy atom. The number of hydrogen-bond acceptors (Lipinski definition) is 5. The molecule has 0 spiro atoms. The summed E-state index contributed by atoms with van der Waals surface area (Å²) < 4.78 is 23.1. The molecule has 1 N–H and O–H groups in total. The van der Waals surface area contributed by atoms with Crippen LogP contribution in [0.3, 0.4) is 0 Å². The summed E-state index contributed by atoms with van der Waals surface area (Å²) in [6.07, 6.45) is 1.70. The fourth-order valence-electron chi connectivity index (χ4n) is 2.26. The van der Waals surface area contributed by atoms with Crippen LogP contribution < -0.4 is 5.32 Å². The Kier molecular flexibility index (Phi) is 8.77. The normalized spacial score (nSPS) is 19.0. The predicted octanol–water partition coefficient (Wildman–Crippen LogP) is -0.0165. The predicted molar refractivity (Wildman–Crippen MR) is 87.7 cm³/mol. The van der Waals surface area contributed by atoms with Crippen molar-refractivity contribution in [1.29, 1.82) is 0 Å². The molecule has 0 aromatic rings. The molecule has 0 aliphatic carbocycles. The molecule has 1 amide bonds. The number of piperazine rings is 1. The van der Waals surface area contributed by atoms with Crippen molar-refractivity contribution in [3.8, 4) is 0 Å². The first-order valence-electron chi connectivity index (χ1n) is 7.11. The Morgan fingerprint density at radius 1 is 1.29 bits per heavy atom. The van der Waals surface area contributed by atoms with Crippen molar-refractivity contribution in [2.75, 3.05) is 46.0 Å². The van der Waals surface area contributed by atoms with E-state index in [9.17, 15) is 13.2 Å². The first kappa shape index (κ1) is 20.6. The molecule has 1 rings (SSSR count). The van der Waals surface area contributed by atoms with E-state index in [-0.39, 0.29) is 24.4 Å². The van der Waals surface area contributed by atoms with E-state index in [1.807, 2.05) is 23.8 Å². The lowest BCUT2D eigenvalue weighted by Gasteiger charge is -2.31. The smallest absolute Gasteiger partial charge is 0.223 e. The van der Waals surface area contributed by atoms with Crippen molar-refractivity contribution in [2.24, 2.45) is 0 Å². The number of amides is 1. The Labute approximate surface area is 134 Å². The van der Waals surface area contributed by atoms with E-state index in [0.29, 0.717) is 13.0 Å². The van der Waals surface area contributed by atoms with Gasteiger partial charge in [-0.3, -0.25) is 4.79 Å². The molecule has 1 fully saturated rings. The van der Waals surface area contributed by atoms with Gasteiger partial charge < -0.3 is 15.1 Å². The molecule has 0 aromatic heterocycles. The fraction of sp³-hybridized carbons (Fsp3) is 0.923. The molecule has 6 nitrogen and oxygen atoms in total. The van der Waals surface area contributed by atoms with E-state index in [0.717, 1.165) is 26.2 Å². The summed E-state index contributed by atoms with van der Waals surface area (Å²) in [4.78, 5) is 15.9. The molecular formula is C13H28ClN3O3S. The standard InChI is InChI=1S/C13H27N3O3S.ClH/c1-11(12(2)20(4,18)19)15(3)8-5-13(17)16-9-6-14-7-10-16;/h11-12,14H,5-10H2,1-4H3;1H. The van der Waals surface area contributed by atoms with Crippen LogP contribution in [0, 0.1) is 0 Å². The van der Waals surface area contributed by atoms with Crippen LogP contribution in [0.2, 0.25) is 0 Å². The molecule has 0 radical (unpaired) electrons. The molecular weight excluding hydrogens is 314 g/mol. The van der Waals surface area contributed by atoms with Gasteiger partial charge in [0.05, 0.1) is 5.25 Å². The van der Waals surface area contributed by atoms with Crippen LogP contribution in [0.1, 0.15) is 20.3 Å². The zero-order chi connectivity index (χ0) is 15.3. The molecule has 0 bridgehead atoms. The molecule has 1 aliphatic heterocycles. The zero-order valence-electron chi connectivity index (χ0n) is 13.3. The molecule has 21 heavy (non-hydrogen) atoms. The third-order valence-corrected chi connectivity index (χ3v) is 5.94. The van der Waals surface area contributed by atoms with Gasteiger partial charge in [0.25, 0.3) is 0 Å². The van der Waals surface area contributed by atoms with Gasteiger partial charge in [0.1, 0.15) is 0 Å². The van der Waals surface area contributed by atoms with E-state index in [2.05, 4.69) is 5.32 Å². The summed E-state index contributed by atoms with van der Waals surface area (Å²) in [5, 5.41) is 2.78. The quantitative estimate of drug-likeness (QED) is 0.735. The van der Waals surface area contributed by atoms with Crippen molar-refractivity contribution >= 4 is 28.2 Å². The van der Waals surface area contributed by atoms with Gasteiger partial charge in [-0.25, -0.2) is 8.42 Å². The Balaban J connectivity index is 0.00000400. The maximum absolute atomic E-state index is 12.0. The van der Waals surface area contributed by atoms with Crippen LogP contribution in [0.15, 0.2) is 0 Å². The lowest BCUT2D eigenvalue weighted by Crippen LogP contribution is -2.48. The number of carbonyl (C=O) groups is 1. The summed E-state index contributed by atoms with van der Waals surface area (Å²) in [7, 11) is -1.18. The molecule has 1 heterocycles. The van der Waals surface area contributed by atoms with Crippen molar-refractivity contribution in [2.45, 2.75) is 31.6 Å². The average Bonchev–Trinajstić information content (AvgIpc) is 2.42. The van der Waals surface area contributed by atoms with Gasteiger partial charge in [-0.1, -0.05) is 0 Å². The van der Waals surface area contributed by atoms with Crippen molar-refractivity contribution in [3.63, 3.8) is 0 Å². The topological polar surface area (TPSA) is 69.7 Å². The van der Waals surface area contributed by atoms with Crippen molar-refractivity contribution in [3.05, 3.63) is 0 Å². The zero-order valence-corrected chi connectivity index (χ0v) is 15.0. The van der Waals surface area contributed by atoms with Gasteiger partial charge in [0.15, 0.2) is 9.84 Å². The number of carbonyl (C=O) groups excluding carboxylic acids is 1. The Morgan fingerprint density at radius 2 is 1.81 bits per heavy atom. The number of nitrogens with zero attached hydrogens (tertiary/aromatic N) is 2. The first-order chi connectivity index (χ1) is 9.23. The Bertz CT molecular complexity index is 424. The van der Waals surface area contributed by atoms with Crippen LogP contribution >= 0.6 is 12.4 Å². The van der Waals surface area contributed by atoms with Gasteiger partial charge in [0, 0.05) is 51.4 Å². The van der Waals surface area contributed by atoms with Gasteiger partial charge in [-0.05, 0) is 20.9 Å². The van der Waals surface area contributed by atoms with E-state index in [1.165, 1.54) is 6.26 Å². The maximum atomic E-state index is 12.0. The minimum absolute atomic E-state index is 0. The van der Waals surface area contributed by atoms with E-state index >= 15 is 0 Å². The number of nitrogens with one attached hydrogen (secondary N) is 1. The van der Waals surface area contributed by atoms with Crippen LogP contribution in [0.25, 0.3) is 0 Å². The van der Waals surface area contributed by atoms with Crippen molar-refractivity contribution in [1.82, 2.24) is 15.1 Å². The molecule has 2 unspecified atom stereocenters. The summed E-state index contributed by atoms with van der Waals surface area (Å²) in [5.74, 6) is 0.151. The maximum Gasteiger partial charge on any atom is 0.223 e. The third kappa shape index (κ3) is 6.50. The third-order valence-electron chi connectivity index (χ3n) is 4.20. The Hall–Kier alpha value is -0.370. The lowest BCUT2D eigenvalue weighted by molar-refractivity contribution is -0.132. The van der Waals surface area contributed by atoms with Gasteiger partial charge >= 0.3 is 0 Å². The first-order valence-corrected chi connectivity index (χ1v) is 9.06. The number of halogens is 1. The molecule has 1 saturated heterocycles. The SMILES string of the molecule is CC(C(C)S(C)(=O)=O)N(C)CCC(=O)N1CCNCC1.Cl. The summed E-state index contributed by atoms with van der Waals surface area (Å²) in [6.45, 7) is 7.42. The van der Waals surface area contributed by atoms with Gasteiger partial charge in [0.2, 0.25) is 5.91 Å². The number of rotatable bonds is 6. The number of sulfone groups is 1. The van der Waals surface area contributed by atoms with E-state index in [1.54, 1.807) is 6.92 Å². The van der Waals surface area contributed by atoms with Gasteiger partial charge in [-0.15, -0.1) is 12.4 Å². The second kappa shape index (κ2) is 8.92. The van der Waals surface area contributed by atoms with Gasteiger partial charge in [-0.2, -0.15) is 0 Å². The van der Waals surface area contributed by atoms with E-state index in [4.69, 9.17) is 0 Å². The van der Waals surface area contributed by atoms with E-state index < -0.39 is 15.1 Å². The highest BCUT2D eigenvalue weighted by Gasteiger charge is 2.26. The minimum Gasteiger partial charge on any atom is -0.340 e. The molecule has 8 heteroatoms. The second-order valence-electron chi connectivity index (χ2n) is 5.64. The summed E-state index contributed by atoms with van der Waals surface area (Å²) in [5.41, 5.74) is 0. The van der Waals surface area contributed by atoms with Crippen LogP contribution in [-0.2, 0) is 14.6 Å². The molecule has 0 aromatic carbocycles. The van der Waals surface area contributed by atoms with Crippen molar-refractivity contribution < 1.29 is 13.2 Å². The highest BCUT2D eigenvalue weighted by molar-refractivity contribution is 7.91. The fourth-order valence-corrected chi connectivity index (χ4v) is 3.19. The highest BCUT2D eigenvalue weighted by Crippen LogP contribution is 2.10. The largest absolute Gasteiger partial charge is 0.340 e. The lowest BCUT2D eigenvalue weighted by atomic mass is 10.2. The number of hydrogen-bond donors (Lipinski definition) is 1. The monoisotopic (exact) mass is 341 g/mol. The van der Waals surface area contributed by atoms with Crippen LogP contribution in [-0.4, -0.2) is 81.4 Å².